The number of anilines is 1. The van der Waals surface area contributed by atoms with Gasteiger partial charge in [-0.2, -0.15) is 4.33 Å². The third kappa shape index (κ3) is 7.53. The molecule has 9 nitrogen and oxygen atoms in total. The highest BCUT2D eigenvalue weighted by Crippen LogP contribution is 2.44. The van der Waals surface area contributed by atoms with E-state index in [1.807, 2.05) is 37.3 Å². The van der Waals surface area contributed by atoms with Crippen LogP contribution in [0.5, 0.6) is 0 Å². The van der Waals surface area contributed by atoms with Crippen molar-refractivity contribution in [3.63, 3.8) is 0 Å². The first-order valence-corrected chi connectivity index (χ1v) is 15.7. The van der Waals surface area contributed by atoms with Crippen molar-refractivity contribution in [3.05, 3.63) is 59.7 Å². The molecule has 2 saturated carbocycles. The van der Waals surface area contributed by atoms with Crippen LogP contribution in [0.15, 0.2) is 53.4 Å². The molecule has 2 aromatic rings. The van der Waals surface area contributed by atoms with E-state index in [2.05, 4.69) is 10.6 Å². The van der Waals surface area contributed by atoms with Crippen LogP contribution in [0.1, 0.15) is 67.8 Å². The molecule has 3 aliphatic rings. The van der Waals surface area contributed by atoms with Gasteiger partial charge in [-0.1, -0.05) is 43.7 Å². The number of benzene rings is 2. The van der Waals surface area contributed by atoms with E-state index < -0.39 is 18.1 Å². The topological polar surface area (TPSA) is 117 Å². The highest BCUT2D eigenvalue weighted by atomic mass is 32.2. The predicted octanol–water partition coefficient (Wildman–Crippen LogP) is 4.43. The van der Waals surface area contributed by atoms with Gasteiger partial charge in [-0.15, -0.1) is 0 Å². The number of nitrogens with zero attached hydrogens (tertiary/aromatic N) is 1. The SMILES string of the molecule is COOSc1cc(C(=O)N[C@@H](Cc2ccccc2)[C@@H](O)C[C@@H](C)C(=O)NC2CC3CCC2C3)cc(N2CCCC2=O)c1. The van der Waals surface area contributed by atoms with E-state index in [1.54, 1.807) is 23.1 Å². The van der Waals surface area contributed by atoms with E-state index in [1.165, 1.54) is 26.4 Å². The molecule has 42 heavy (non-hydrogen) atoms. The quantitative estimate of drug-likeness (QED) is 0.178. The van der Waals surface area contributed by atoms with Crippen LogP contribution in [-0.2, 0) is 25.2 Å². The third-order valence-corrected chi connectivity index (χ3v) is 9.56. The second-order valence-corrected chi connectivity index (χ2v) is 12.7. The Balaban J connectivity index is 1.30. The van der Waals surface area contributed by atoms with Gasteiger partial charge in [0.1, 0.15) is 0 Å². The molecule has 3 N–H and O–H groups in total. The van der Waals surface area contributed by atoms with Gasteiger partial charge in [-0.25, -0.2) is 4.89 Å². The molecule has 0 spiro atoms. The molecule has 2 aliphatic carbocycles. The van der Waals surface area contributed by atoms with Gasteiger partial charge in [0.15, 0.2) is 0 Å². The van der Waals surface area contributed by atoms with Crippen LogP contribution in [0.2, 0.25) is 0 Å². The number of rotatable bonds is 13. The zero-order valence-corrected chi connectivity index (χ0v) is 25.1. The molecule has 5 rings (SSSR count). The summed E-state index contributed by atoms with van der Waals surface area (Å²) in [6, 6.07) is 14.4. The Hall–Kier alpha value is -2.92. The van der Waals surface area contributed by atoms with Crippen molar-refractivity contribution in [1.29, 1.82) is 0 Å². The fourth-order valence-electron chi connectivity index (χ4n) is 6.70. The van der Waals surface area contributed by atoms with Crippen LogP contribution in [0.3, 0.4) is 0 Å². The lowest BCUT2D eigenvalue weighted by atomic mass is 9.92. The Kier molecular flexibility index (Phi) is 10.2. The summed E-state index contributed by atoms with van der Waals surface area (Å²) in [6.45, 7) is 2.42. The molecule has 2 aromatic carbocycles. The third-order valence-electron chi connectivity index (χ3n) is 8.92. The summed E-state index contributed by atoms with van der Waals surface area (Å²) in [7, 11) is 1.39. The van der Waals surface area contributed by atoms with E-state index in [9.17, 15) is 19.5 Å². The van der Waals surface area contributed by atoms with Gasteiger partial charge < -0.3 is 20.6 Å². The number of fused-ring (bicyclic) bond motifs is 2. The molecule has 226 valence electrons. The van der Waals surface area contributed by atoms with E-state index in [-0.39, 0.29) is 30.2 Å². The second kappa shape index (κ2) is 14.0. The molecule has 0 aromatic heterocycles. The van der Waals surface area contributed by atoms with Gasteiger partial charge in [0, 0.05) is 41.1 Å². The molecular formula is C32H41N3O6S. The summed E-state index contributed by atoms with van der Waals surface area (Å²) in [4.78, 5) is 46.2. The Labute approximate surface area is 251 Å². The number of nitrogens with one attached hydrogen (secondary N) is 2. The molecule has 2 bridgehead atoms. The highest BCUT2D eigenvalue weighted by Gasteiger charge is 2.40. The lowest BCUT2D eigenvalue weighted by Gasteiger charge is -2.28. The van der Waals surface area contributed by atoms with Gasteiger partial charge >= 0.3 is 0 Å². The maximum absolute atomic E-state index is 13.7. The van der Waals surface area contributed by atoms with Crippen LogP contribution in [0.4, 0.5) is 5.69 Å². The average Bonchev–Trinajstić information content (AvgIpc) is 3.73. The fourth-order valence-corrected chi connectivity index (χ4v) is 7.19. The lowest BCUT2D eigenvalue weighted by molar-refractivity contribution is -0.160. The minimum atomic E-state index is -0.955. The predicted molar refractivity (Wildman–Crippen MR) is 161 cm³/mol. The smallest absolute Gasteiger partial charge is 0.251 e. The summed E-state index contributed by atoms with van der Waals surface area (Å²) in [5.41, 5.74) is 1.90. The van der Waals surface area contributed by atoms with Crippen molar-refractivity contribution in [1.82, 2.24) is 10.6 Å². The van der Waals surface area contributed by atoms with Gasteiger partial charge in [-0.05, 0) is 74.1 Å². The first kappa shape index (κ1) is 30.5. The Morgan fingerprint density at radius 2 is 1.95 bits per heavy atom. The summed E-state index contributed by atoms with van der Waals surface area (Å²) in [6.07, 6.45) is 5.59. The summed E-state index contributed by atoms with van der Waals surface area (Å²) in [5, 5.41) is 17.7. The van der Waals surface area contributed by atoms with Crippen molar-refractivity contribution in [3.8, 4) is 0 Å². The molecule has 3 amide bonds. The zero-order chi connectivity index (χ0) is 29.6. The molecule has 1 aliphatic heterocycles. The van der Waals surface area contributed by atoms with E-state index in [4.69, 9.17) is 9.22 Å². The number of amides is 3. The summed E-state index contributed by atoms with van der Waals surface area (Å²) in [5.74, 6) is 0.471. The van der Waals surface area contributed by atoms with Gasteiger partial charge in [0.2, 0.25) is 11.8 Å². The van der Waals surface area contributed by atoms with E-state index >= 15 is 0 Å². The first-order valence-electron chi connectivity index (χ1n) is 15.0. The number of carbonyl (C=O) groups excluding carboxylic acids is 3. The minimum absolute atomic E-state index is 0.00578. The first-order chi connectivity index (χ1) is 20.3. The Bertz CT molecular complexity index is 1260. The number of carbonyl (C=O) groups is 3. The molecule has 1 heterocycles. The normalized spacial score (nSPS) is 23.5. The highest BCUT2D eigenvalue weighted by molar-refractivity contribution is 7.94. The number of aliphatic hydroxyl groups is 1. The minimum Gasteiger partial charge on any atom is -0.391 e. The number of aliphatic hydroxyl groups excluding tert-OH is 1. The molecular weight excluding hydrogens is 554 g/mol. The molecule has 3 fully saturated rings. The van der Waals surface area contributed by atoms with Crippen LogP contribution in [-0.4, -0.2) is 54.7 Å². The molecule has 1 saturated heterocycles. The Morgan fingerprint density at radius 3 is 2.62 bits per heavy atom. The maximum Gasteiger partial charge on any atom is 0.251 e. The largest absolute Gasteiger partial charge is 0.391 e. The van der Waals surface area contributed by atoms with E-state index in [0.717, 1.165) is 36.4 Å². The monoisotopic (exact) mass is 595 g/mol. The van der Waals surface area contributed by atoms with Crippen LogP contribution in [0.25, 0.3) is 0 Å². The van der Waals surface area contributed by atoms with Crippen molar-refractivity contribution in [2.75, 3.05) is 18.6 Å². The number of hydrogen-bond donors (Lipinski definition) is 3. The van der Waals surface area contributed by atoms with Crippen molar-refractivity contribution < 1.29 is 28.7 Å². The average molecular weight is 596 g/mol. The summed E-state index contributed by atoms with van der Waals surface area (Å²) < 4.78 is 5.03. The maximum atomic E-state index is 13.7. The van der Waals surface area contributed by atoms with Crippen molar-refractivity contribution in [2.45, 2.75) is 81.4 Å². The van der Waals surface area contributed by atoms with Crippen LogP contribution < -0.4 is 15.5 Å². The van der Waals surface area contributed by atoms with Crippen molar-refractivity contribution >= 4 is 35.5 Å². The Morgan fingerprint density at radius 1 is 1.14 bits per heavy atom. The molecule has 3 unspecified atom stereocenters. The van der Waals surface area contributed by atoms with Crippen LogP contribution in [0, 0.1) is 17.8 Å². The zero-order valence-electron chi connectivity index (χ0n) is 24.3. The lowest BCUT2D eigenvalue weighted by Crippen LogP contribution is -2.47. The van der Waals surface area contributed by atoms with Gasteiger partial charge in [0.05, 0.1) is 31.3 Å². The van der Waals surface area contributed by atoms with Crippen LogP contribution >= 0.6 is 12.0 Å². The summed E-state index contributed by atoms with van der Waals surface area (Å²) >= 11 is 0.949. The standard InChI is InChI=1S/C32H41N3O6S/c1-20(31(38)33-27-16-22-10-11-23(27)14-22)13-29(36)28(15-21-7-4-3-5-8-21)34-32(39)24-17-25(35-12-6-9-30(35)37)19-26(18-24)42-41-40-2/h3-5,7-8,17-20,22-23,27-29,36H,6,9-16H2,1-2H3,(H,33,38)(H,34,39)/t20-,22?,23?,27?,28+,29+/m1/s1. The number of hydrogen-bond acceptors (Lipinski definition) is 7. The van der Waals surface area contributed by atoms with E-state index in [0.29, 0.717) is 41.5 Å². The fraction of sp³-hybridized carbons (Fsp3) is 0.531. The van der Waals surface area contributed by atoms with Gasteiger partial charge in [0.25, 0.3) is 5.91 Å². The molecule has 0 radical (unpaired) electrons. The second-order valence-electron chi connectivity index (χ2n) is 11.9. The molecule has 10 heteroatoms. The molecule has 6 atom stereocenters. The van der Waals surface area contributed by atoms with Crippen molar-refractivity contribution in [2.24, 2.45) is 17.8 Å². The van der Waals surface area contributed by atoms with Gasteiger partial charge in [-0.3, -0.25) is 14.4 Å².